The van der Waals surface area contributed by atoms with Gasteiger partial charge in [0.05, 0.1) is 33.6 Å². The maximum atomic E-state index is 14.4. The van der Waals surface area contributed by atoms with E-state index in [9.17, 15) is 4.57 Å². The lowest BCUT2D eigenvalue weighted by atomic mass is 10.3. The van der Waals surface area contributed by atoms with Crippen molar-refractivity contribution in [3.8, 4) is 34.3 Å². The lowest BCUT2D eigenvalue weighted by Crippen LogP contribution is -2.08. The molecular weight excluding hydrogens is 653 g/mol. The van der Waals surface area contributed by atoms with Crippen LogP contribution >= 0.6 is 7.82 Å². The molecule has 0 atom stereocenters. The normalized spacial score (nSPS) is 11.7. The highest BCUT2D eigenvalue weighted by molar-refractivity contribution is 7.49. The third-order valence-corrected chi connectivity index (χ3v) is 9.25. The first kappa shape index (κ1) is 29.3. The molecule has 0 fully saturated rings. The second kappa shape index (κ2) is 12.0. The average molecular weight is 678 g/mol. The number of hydrogen-bond donors (Lipinski definition) is 0. The Bertz CT molecular complexity index is 2380. The second-order valence-electron chi connectivity index (χ2n) is 11.2. The monoisotopic (exact) mass is 677 g/mol. The van der Waals surface area contributed by atoms with Crippen molar-refractivity contribution in [3.63, 3.8) is 0 Å². The Kier molecular flexibility index (Phi) is 7.03. The Balaban J connectivity index is 1.01. The lowest BCUT2D eigenvalue weighted by Gasteiger charge is -2.20. The molecule has 0 aliphatic rings. The van der Waals surface area contributed by atoms with E-state index >= 15 is 0 Å². The molecule has 9 rings (SSSR count). The molecule has 6 aromatic carbocycles. The van der Waals surface area contributed by atoms with Crippen LogP contribution in [0.1, 0.15) is 0 Å². The summed E-state index contributed by atoms with van der Waals surface area (Å²) in [5.74, 6) is 0.786. The third kappa shape index (κ3) is 5.47. The zero-order chi connectivity index (χ0) is 33.5. The minimum atomic E-state index is -4.33. The zero-order valence-electron chi connectivity index (χ0n) is 26.0. The van der Waals surface area contributed by atoms with Gasteiger partial charge >= 0.3 is 7.82 Å². The Morgan fingerprint density at radius 3 is 0.960 bits per heavy atom. The standard InChI is InChI=1S/C36H24N9O4P/c46-50(47-28-19-13-25(14-20-28)43-34-10-4-1-7-31(34)37-40-43,48-29-21-15-26(16-22-29)44-35-11-5-2-8-32(35)38-41-44)49-30-23-17-27(18-24-30)45-36-12-6-3-9-33(36)39-42-45/h1-24H. The van der Waals surface area contributed by atoms with Gasteiger partial charge in [0.1, 0.15) is 33.8 Å². The summed E-state index contributed by atoms with van der Waals surface area (Å²) in [5.41, 5.74) is 7.09. The molecule has 13 nitrogen and oxygen atoms in total. The van der Waals surface area contributed by atoms with E-state index < -0.39 is 7.82 Å². The highest BCUT2D eigenvalue weighted by Gasteiger charge is 2.33. The number of phosphoric ester groups is 1. The van der Waals surface area contributed by atoms with Gasteiger partial charge in [-0.15, -0.1) is 15.3 Å². The van der Waals surface area contributed by atoms with Crippen molar-refractivity contribution in [1.29, 1.82) is 0 Å². The fourth-order valence-electron chi connectivity index (χ4n) is 5.57. The molecule has 50 heavy (non-hydrogen) atoms. The van der Waals surface area contributed by atoms with Crippen molar-refractivity contribution >= 4 is 40.9 Å². The van der Waals surface area contributed by atoms with Crippen LogP contribution in [0.4, 0.5) is 0 Å². The van der Waals surface area contributed by atoms with E-state index in [1.165, 1.54) is 0 Å². The Morgan fingerprint density at radius 1 is 0.380 bits per heavy atom. The lowest BCUT2D eigenvalue weighted by molar-refractivity contribution is 0.298. The molecule has 0 unspecified atom stereocenters. The quantitative estimate of drug-likeness (QED) is 0.141. The van der Waals surface area contributed by atoms with E-state index in [1.54, 1.807) is 86.8 Å². The average Bonchev–Trinajstić information content (AvgIpc) is 3.90. The first-order chi connectivity index (χ1) is 24.6. The molecule has 0 aliphatic heterocycles. The number of aromatic nitrogens is 9. The minimum Gasteiger partial charge on any atom is -0.386 e. The smallest absolute Gasteiger partial charge is 0.386 e. The Hall–Kier alpha value is -6.85. The van der Waals surface area contributed by atoms with Crippen molar-refractivity contribution in [1.82, 2.24) is 45.0 Å². The molecule has 14 heteroatoms. The molecule has 9 aromatic rings. The molecule has 0 saturated heterocycles. The van der Waals surface area contributed by atoms with Gasteiger partial charge in [-0.3, -0.25) is 0 Å². The topological polar surface area (TPSA) is 137 Å². The van der Waals surface area contributed by atoms with Gasteiger partial charge in [-0.2, -0.15) is 4.57 Å². The molecule has 3 aromatic heterocycles. The number of benzene rings is 6. The van der Waals surface area contributed by atoms with E-state index in [-0.39, 0.29) is 17.2 Å². The molecule has 0 spiro atoms. The van der Waals surface area contributed by atoms with Crippen LogP contribution in [0.25, 0.3) is 50.2 Å². The zero-order valence-corrected chi connectivity index (χ0v) is 26.9. The largest absolute Gasteiger partial charge is 0.647 e. The van der Waals surface area contributed by atoms with Crippen LogP contribution in [-0.4, -0.2) is 45.0 Å². The van der Waals surface area contributed by atoms with Crippen molar-refractivity contribution in [3.05, 3.63) is 146 Å². The summed E-state index contributed by atoms with van der Waals surface area (Å²) < 4.78 is 37.6. The predicted molar refractivity (Wildman–Crippen MR) is 186 cm³/mol. The third-order valence-electron chi connectivity index (χ3n) is 7.95. The first-order valence-corrected chi connectivity index (χ1v) is 17.0. The van der Waals surface area contributed by atoms with Crippen molar-refractivity contribution in [2.45, 2.75) is 0 Å². The van der Waals surface area contributed by atoms with Gasteiger partial charge in [0.2, 0.25) is 0 Å². The van der Waals surface area contributed by atoms with E-state index in [2.05, 4.69) is 30.9 Å². The maximum Gasteiger partial charge on any atom is 0.647 e. The first-order valence-electron chi connectivity index (χ1n) is 15.5. The number of para-hydroxylation sites is 3. The number of nitrogens with zero attached hydrogens (tertiary/aromatic N) is 9. The summed E-state index contributed by atoms with van der Waals surface area (Å²) in [6.07, 6.45) is 0. The summed E-state index contributed by atoms with van der Waals surface area (Å²) >= 11 is 0. The fourth-order valence-corrected chi connectivity index (χ4v) is 6.82. The molecule has 0 amide bonds. The number of hydrogen-bond acceptors (Lipinski definition) is 10. The van der Waals surface area contributed by atoms with Gasteiger partial charge in [0, 0.05) is 0 Å². The fraction of sp³-hybridized carbons (Fsp3) is 0. The van der Waals surface area contributed by atoms with Gasteiger partial charge < -0.3 is 13.6 Å². The van der Waals surface area contributed by atoms with Crippen LogP contribution in [0.3, 0.4) is 0 Å². The molecule has 242 valence electrons. The highest BCUT2D eigenvalue weighted by Crippen LogP contribution is 2.50. The molecule has 0 saturated carbocycles. The predicted octanol–water partition coefficient (Wildman–Crippen LogP) is 7.53. The van der Waals surface area contributed by atoms with Gasteiger partial charge in [-0.25, -0.2) is 14.0 Å². The number of fused-ring (bicyclic) bond motifs is 3. The maximum absolute atomic E-state index is 14.4. The number of rotatable bonds is 9. The van der Waals surface area contributed by atoms with Crippen LogP contribution in [-0.2, 0) is 4.57 Å². The number of phosphoric acid groups is 1. The summed E-state index contributed by atoms with van der Waals surface area (Å²) in [4.78, 5) is 0. The second-order valence-corrected chi connectivity index (χ2v) is 12.6. The van der Waals surface area contributed by atoms with Gasteiger partial charge in [-0.05, 0) is 109 Å². The van der Waals surface area contributed by atoms with Crippen LogP contribution in [0.15, 0.2) is 146 Å². The molecule has 0 N–H and O–H groups in total. The van der Waals surface area contributed by atoms with Gasteiger partial charge in [0.15, 0.2) is 0 Å². The van der Waals surface area contributed by atoms with Crippen LogP contribution < -0.4 is 13.6 Å². The van der Waals surface area contributed by atoms with E-state index in [4.69, 9.17) is 13.6 Å². The van der Waals surface area contributed by atoms with E-state index in [1.807, 2.05) is 72.8 Å². The summed E-state index contributed by atoms with van der Waals surface area (Å²) in [7, 11) is -4.33. The van der Waals surface area contributed by atoms with Crippen molar-refractivity contribution < 1.29 is 18.1 Å². The molecule has 3 heterocycles. The minimum absolute atomic E-state index is 0.262. The summed E-state index contributed by atoms with van der Waals surface area (Å²) in [6.45, 7) is 0. The SMILES string of the molecule is O=P(Oc1ccc(-n2nnc3ccccc32)cc1)(Oc1ccc(-n2nnc3ccccc32)cc1)Oc1ccc(-n2nnc3ccccc32)cc1. The van der Waals surface area contributed by atoms with Gasteiger partial charge in [0.25, 0.3) is 0 Å². The highest BCUT2D eigenvalue weighted by atomic mass is 31.2. The van der Waals surface area contributed by atoms with Crippen LogP contribution in [0.2, 0.25) is 0 Å². The van der Waals surface area contributed by atoms with Crippen LogP contribution in [0, 0.1) is 0 Å². The van der Waals surface area contributed by atoms with Crippen molar-refractivity contribution in [2.24, 2.45) is 0 Å². The van der Waals surface area contributed by atoms with Gasteiger partial charge in [-0.1, -0.05) is 52.0 Å². The van der Waals surface area contributed by atoms with Crippen molar-refractivity contribution in [2.75, 3.05) is 0 Å². The molecule has 0 aliphatic carbocycles. The molecular formula is C36H24N9O4P. The Morgan fingerprint density at radius 2 is 0.660 bits per heavy atom. The summed E-state index contributed by atoms with van der Waals surface area (Å²) in [5, 5.41) is 25.5. The molecule has 0 radical (unpaired) electrons. The van der Waals surface area contributed by atoms with E-state index in [0.29, 0.717) is 0 Å². The molecule has 0 bridgehead atoms. The summed E-state index contributed by atoms with van der Waals surface area (Å²) in [6, 6.07) is 43.7. The van der Waals surface area contributed by atoms with Crippen LogP contribution in [0.5, 0.6) is 17.2 Å². The Labute approximate surface area is 283 Å². The van der Waals surface area contributed by atoms with E-state index in [0.717, 1.165) is 50.2 Å².